The summed E-state index contributed by atoms with van der Waals surface area (Å²) in [5.41, 5.74) is -0.804. The quantitative estimate of drug-likeness (QED) is 0.871. The molecule has 23 heavy (non-hydrogen) atoms. The van der Waals surface area contributed by atoms with Gasteiger partial charge >= 0.3 is 12.1 Å². The maximum Gasteiger partial charge on any atom is 0.408 e. The van der Waals surface area contributed by atoms with Crippen LogP contribution in [0.2, 0.25) is 0 Å². The number of hydrogen-bond acceptors (Lipinski definition) is 4. The van der Waals surface area contributed by atoms with Crippen molar-refractivity contribution in [2.45, 2.75) is 57.5 Å². The second-order valence-electron chi connectivity index (χ2n) is 6.83. The van der Waals surface area contributed by atoms with Crippen molar-refractivity contribution in [2.24, 2.45) is 0 Å². The van der Waals surface area contributed by atoms with E-state index in [1.165, 1.54) is 0 Å². The molecule has 1 amide bonds. The van der Waals surface area contributed by atoms with Crippen molar-refractivity contribution < 1.29 is 24.2 Å². The van der Waals surface area contributed by atoms with E-state index in [0.29, 0.717) is 0 Å². The molecule has 0 bridgehead atoms. The van der Waals surface area contributed by atoms with Crippen LogP contribution in [0.25, 0.3) is 0 Å². The topological polar surface area (TPSA) is 84.9 Å². The summed E-state index contributed by atoms with van der Waals surface area (Å²) in [7, 11) is 0. The fourth-order valence-electron chi connectivity index (χ4n) is 2.59. The first-order chi connectivity index (χ1) is 10.7. The number of carbonyl (C=O) groups excluding carboxylic acids is 1. The lowest BCUT2D eigenvalue weighted by molar-refractivity contribution is -0.167. The van der Waals surface area contributed by atoms with E-state index in [-0.39, 0.29) is 31.2 Å². The Morgan fingerprint density at radius 3 is 2.39 bits per heavy atom. The first-order valence-corrected chi connectivity index (χ1v) is 7.60. The summed E-state index contributed by atoms with van der Waals surface area (Å²) in [4.78, 5) is 23.4. The maximum atomic E-state index is 11.9. The van der Waals surface area contributed by atoms with Gasteiger partial charge in [-0.05, 0) is 26.3 Å². The van der Waals surface area contributed by atoms with Crippen LogP contribution >= 0.6 is 0 Å². The molecule has 0 heterocycles. The van der Waals surface area contributed by atoms with Crippen LogP contribution < -0.4 is 5.32 Å². The standard InChI is InChI=1S/C17H23NO5/c1-16(2,3)23-13-9-17(10-13,14(19)20)18-15(21)22-11-12-7-5-4-6-8-12/h4-8,13H,9-11H2,1-3H3,(H,18,21)(H,19,20). The highest BCUT2D eigenvalue weighted by molar-refractivity contribution is 5.85. The third kappa shape index (κ3) is 4.69. The van der Waals surface area contributed by atoms with Crippen LogP contribution in [0.3, 0.4) is 0 Å². The molecule has 1 saturated carbocycles. The molecule has 0 radical (unpaired) electrons. The third-order valence-electron chi connectivity index (χ3n) is 3.64. The van der Waals surface area contributed by atoms with E-state index >= 15 is 0 Å². The average Bonchev–Trinajstić information content (AvgIpc) is 2.42. The lowest BCUT2D eigenvalue weighted by atomic mass is 9.74. The Morgan fingerprint density at radius 1 is 1.26 bits per heavy atom. The predicted octanol–water partition coefficient (Wildman–Crippen LogP) is 2.71. The number of aliphatic carboxylic acids is 1. The van der Waals surface area contributed by atoms with Crippen molar-refractivity contribution in [3.63, 3.8) is 0 Å². The molecule has 1 fully saturated rings. The molecule has 1 aliphatic carbocycles. The van der Waals surface area contributed by atoms with Gasteiger partial charge in [0.25, 0.3) is 0 Å². The third-order valence-corrected chi connectivity index (χ3v) is 3.64. The van der Waals surface area contributed by atoms with Gasteiger partial charge in [0.2, 0.25) is 0 Å². The summed E-state index contributed by atoms with van der Waals surface area (Å²) in [5.74, 6) is -1.07. The van der Waals surface area contributed by atoms with E-state index in [2.05, 4.69) is 5.32 Å². The Kier molecular flexibility index (Phi) is 4.94. The number of amides is 1. The van der Waals surface area contributed by atoms with Crippen LogP contribution in [-0.4, -0.2) is 34.4 Å². The smallest absolute Gasteiger partial charge is 0.408 e. The lowest BCUT2D eigenvalue weighted by Gasteiger charge is -2.46. The minimum absolute atomic E-state index is 0.101. The molecule has 0 saturated heterocycles. The highest BCUT2D eigenvalue weighted by Crippen LogP contribution is 2.37. The first kappa shape index (κ1) is 17.3. The van der Waals surface area contributed by atoms with Gasteiger partial charge in [-0.3, -0.25) is 0 Å². The van der Waals surface area contributed by atoms with Crippen LogP contribution in [0.1, 0.15) is 39.2 Å². The SMILES string of the molecule is CC(C)(C)OC1CC(NC(=O)OCc2ccccc2)(C(=O)O)C1. The molecule has 0 spiro atoms. The summed E-state index contributed by atoms with van der Waals surface area (Å²) in [6.45, 7) is 5.84. The van der Waals surface area contributed by atoms with Gasteiger partial charge in [0.05, 0.1) is 11.7 Å². The van der Waals surface area contributed by atoms with Crippen molar-refractivity contribution >= 4 is 12.1 Å². The molecular formula is C17H23NO5. The molecule has 0 atom stereocenters. The molecule has 1 aliphatic rings. The zero-order valence-electron chi connectivity index (χ0n) is 13.7. The fourth-order valence-corrected chi connectivity index (χ4v) is 2.59. The lowest BCUT2D eigenvalue weighted by Crippen LogP contribution is -2.65. The highest BCUT2D eigenvalue weighted by Gasteiger charge is 2.53. The number of benzene rings is 1. The van der Waals surface area contributed by atoms with Gasteiger partial charge in [0.1, 0.15) is 12.1 Å². The van der Waals surface area contributed by atoms with Crippen LogP contribution in [-0.2, 0) is 20.9 Å². The van der Waals surface area contributed by atoms with Gasteiger partial charge in [0.15, 0.2) is 0 Å². The van der Waals surface area contributed by atoms with Gasteiger partial charge in [-0.15, -0.1) is 0 Å². The zero-order valence-corrected chi connectivity index (χ0v) is 13.7. The number of ether oxygens (including phenoxy) is 2. The highest BCUT2D eigenvalue weighted by atomic mass is 16.5. The second kappa shape index (κ2) is 6.58. The number of carboxylic acid groups (broad SMARTS) is 1. The molecule has 0 aromatic heterocycles. The van der Waals surface area contributed by atoms with E-state index in [0.717, 1.165) is 5.56 Å². The van der Waals surface area contributed by atoms with Gasteiger partial charge in [-0.2, -0.15) is 0 Å². The van der Waals surface area contributed by atoms with Crippen LogP contribution in [0, 0.1) is 0 Å². The number of carboxylic acids is 1. The molecule has 6 nitrogen and oxygen atoms in total. The number of alkyl carbamates (subject to hydrolysis) is 1. The van der Waals surface area contributed by atoms with Gasteiger partial charge in [-0.1, -0.05) is 30.3 Å². The summed E-state index contributed by atoms with van der Waals surface area (Å²) in [5, 5.41) is 11.9. The van der Waals surface area contributed by atoms with Crippen molar-refractivity contribution in [1.29, 1.82) is 0 Å². The summed E-state index contributed by atoms with van der Waals surface area (Å²) in [6.07, 6.45) is -0.439. The van der Waals surface area contributed by atoms with E-state index < -0.39 is 17.6 Å². The Balaban J connectivity index is 1.86. The zero-order chi connectivity index (χ0) is 17.1. The minimum Gasteiger partial charge on any atom is -0.479 e. The van der Waals surface area contributed by atoms with Crippen molar-refractivity contribution in [3.8, 4) is 0 Å². The van der Waals surface area contributed by atoms with Crippen LogP contribution in [0.4, 0.5) is 4.79 Å². The Bertz CT molecular complexity index is 558. The summed E-state index contributed by atoms with van der Waals surface area (Å²) < 4.78 is 10.8. The average molecular weight is 321 g/mol. The number of carbonyl (C=O) groups is 2. The van der Waals surface area contributed by atoms with Crippen LogP contribution in [0.15, 0.2) is 30.3 Å². The largest absolute Gasteiger partial charge is 0.479 e. The molecule has 0 aliphatic heterocycles. The molecule has 0 unspecified atom stereocenters. The molecule has 126 valence electrons. The van der Waals surface area contributed by atoms with Gasteiger partial charge < -0.3 is 19.9 Å². The molecule has 2 N–H and O–H groups in total. The maximum absolute atomic E-state index is 11.9. The molecule has 1 aromatic carbocycles. The normalized spacial score (nSPS) is 23.7. The van der Waals surface area contributed by atoms with Gasteiger partial charge in [0, 0.05) is 12.8 Å². The number of rotatable bonds is 5. The Hall–Kier alpha value is -2.08. The monoisotopic (exact) mass is 321 g/mol. The molecule has 2 rings (SSSR count). The summed E-state index contributed by atoms with van der Waals surface area (Å²) >= 11 is 0. The fraction of sp³-hybridized carbons (Fsp3) is 0.529. The number of hydrogen-bond donors (Lipinski definition) is 2. The minimum atomic E-state index is -1.30. The molecular weight excluding hydrogens is 298 g/mol. The summed E-state index contributed by atoms with van der Waals surface area (Å²) in [6, 6.07) is 9.21. The van der Waals surface area contributed by atoms with E-state index in [1.807, 2.05) is 51.1 Å². The van der Waals surface area contributed by atoms with E-state index in [4.69, 9.17) is 9.47 Å². The van der Waals surface area contributed by atoms with E-state index in [1.54, 1.807) is 0 Å². The second-order valence-corrected chi connectivity index (χ2v) is 6.83. The first-order valence-electron chi connectivity index (χ1n) is 7.60. The van der Waals surface area contributed by atoms with Crippen molar-refractivity contribution in [1.82, 2.24) is 5.32 Å². The molecule has 1 aromatic rings. The van der Waals surface area contributed by atoms with Gasteiger partial charge in [-0.25, -0.2) is 9.59 Å². The van der Waals surface area contributed by atoms with Crippen LogP contribution in [0.5, 0.6) is 0 Å². The molecule has 6 heteroatoms. The van der Waals surface area contributed by atoms with Crippen molar-refractivity contribution in [3.05, 3.63) is 35.9 Å². The number of nitrogens with one attached hydrogen (secondary N) is 1. The predicted molar refractivity (Wildman–Crippen MR) is 84.0 cm³/mol. The Morgan fingerprint density at radius 2 is 1.87 bits per heavy atom. The van der Waals surface area contributed by atoms with Crippen molar-refractivity contribution in [2.75, 3.05) is 0 Å². The van der Waals surface area contributed by atoms with E-state index in [9.17, 15) is 14.7 Å². The Labute approximate surface area is 135 Å².